The van der Waals surface area contributed by atoms with Crippen molar-refractivity contribution in [3.8, 4) is 5.75 Å². The number of benzene rings is 2. The van der Waals surface area contributed by atoms with E-state index in [1.165, 1.54) is 6.07 Å². The van der Waals surface area contributed by atoms with Gasteiger partial charge in [-0.05, 0) is 62.9 Å². The first kappa shape index (κ1) is 23.3. The quantitative estimate of drug-likeness (QED) is 0.699. The molecule has 3 rings (SSSR count). The molecule has 6 nitrogen and oxygen atoms in total. The number of aryl methyl sites for hydroxylation is 2. The van der Waals surface area contributed by atoms with Crippen molar-refractivity contribution in [1.29, 1.82) is 0 Å². The second-order valence-corrected chi connectivity index (χ2v) is 10.2. The van der Waals surface area contributed by atoms with E-state index in [-0.39, 0.29) is 16.8 Å². The molecule has 0 spiro atoms. The molecule has 2 aromatic carbocycles. The Labute approximate surface area is 185 Å². The van der Waals surface area contributed by atoms with Gasteiger partial charge in [0.15, 0.2) is 0 Å². The third-order valence-electron chi connectivity index (χ3n) is 5.59. The SMILES string of the molecule is Cc1ccccc1OC[C@H](C)NC(=O)c1ccc(C)c(S(=O)(=O)N2CCCCCC2)c1. The Morgan fingerprint density at radius 3 is 2.39 bits per heavy atom. The van der Waals surface area contributed by atoms with E-state index < -0.39 is 10.0 Å². The van der Waals surface area contributed by atoms with Crippen molar-refractivity contribution in [3.63, 3.8) is 0 Å². The molecule has 168 valence electrons. The van der Waals surface area contributed by atoms with Gasteiger partial charge < -0.3 is 10.1 Å². The number of amides is 1. The molecule has 7 heteroatoms. The van der Waals surface area contributed by atoms with E-state index in [0.717, 1.165) is 37.0 Å². The van der Waals surface area contributed by atoms with Crippen LogP contribution in [0.4, 0.5) is 0 Å². The van der Waals surface area contributed by atoms with E-state index in [2.05, 4.69) is 5.32 Å². The molecular formula is C24H32N2O4S. The highest BCUT2D eigenvalue weighted by atomic mass is 32.2. The zero-order chi connectivity index (χ0) is 22.4. The third-order valence-corrected chi connectivity index (χ3v) is 7.63. The molecule has 1 amide bonds. The number of sulfonamides is 1. The number of nitrogens with zero attached hydrogens (tertiary/aromatic N) is 1. The van der Waals surface area contributed by atoms with Crippen LogP contribution in [0.25, 0.3) is 0 Å². The van der Waals surface area contributed by atoms with E-state index in [4.69, 9.17) is 4.74 Å². The van der Waals surface area contributed by atoms with Crippen LogP contribution in [0.1, 0.15) is 54.1 Å². The lowest BCUT2D eigenvalue weighted by atomic mass is 10.1. The Morgan fingerprint density at radius 1 is 1.03 bits per heavy atom. The monoisotopic (exact) mass is 444 g/mol. The molecule has 0 unspecified atom stereocenters. The van der Waals surface area contributed by atoms with Gasteiger partial charge in [-0.15, -0.1) is 0 Å². The highest BCUT2D eigenvalue weighted by molar-refractivity contribution is 7.89. The van der Waals surface area contributed by atoms with Gasteiger partial charge in [-0.2, -0.15) is 4.31 Å². The molecular weight excluding hydrogens is 412 g/mol. The average Bonchev–Trinajstić information content (AvgIpc) is 3.03. The Balaban J connectivity index is 1.69. The van der Waals surface area contributed by atoms with E-state index in [1.54, 1.807) is 23.4 Å². The van der Waals surface area contributed by atoms with Crippen molar-refractivity contribution in [2.24, 2.45) is 0 Å². The summed E-state index contributed by atoms with van der Waals surface area (Å²) in [5.41, 5.74) is 2.02. The fourth-order valence-corrected chi connectivity index (χ4v) is 5.49. The first-order chi connectivity index (χ1) is 14.8. The summed E-state index contributed by atoms with van der Waals surface area (Å²) in [5.74, 6) is 0.470. The van der Waals surface area contributed by atoms with Crippen molar-refractivity contribution < 1.29 is 17.9 Å². The van der Waals surface area contributed by atoms with E-state index in [0.29, 0.717) is 30.8 Å². The molecule has 0 bridgehead atoms. The van der Waals surface area contributed by atoms with Gasteiger partial charge in [0.25, 0.3) is 5.91 Å². The van der Waals surface area contributed by atoms with E-state index in [1.807, 2.05) is 38.1 Å². The van der Waals surface area contributed by atoms with Crippen LogP contribution in [-0.4, -0.2) is 44.4 Å². The number of ether oxygens (including phenoxy) is 1. The van der Waals surface area contributed by atoms with Gasteiger partial charge in [0, 0.05) is 18.7 Å². The molecule has 1 aliphatic rings. The maximum atomic E-state index is 13.2. The van der Waals surface area contributed by atoms with Crippen LogP contribution in [-0.2, 0) is 10.0 Å². The zero-order valence-corrected chi connectivity index (χ0v) is 19.4. The second kappa shape index (κ2) is 10.3. The summed E-state index contributed by atoms with van der Waals surface area (Å²) in [7, 11) is -3.62. The summed E-state index contributed by atoms with van der Waals surface area (Å²) >= 11 is 0. The Kier molecular flexibility index (Phi) is 7.73. The molecule has 0 radical (unpaired) electrons. The Morgan fingerprint density at radius 2 is 1.71 bits per heavy atom. The zero-order valence-electron chi connectivity index (χ0n) is 18.6. The van der Waals surface area contributed by atoms with Crippen LogP contribution in [0.15, 0.2) is 47.4 Å². The summed E-state index contributed by atoms with van der Waals surface area (Å²) < 4.78 is 33.8. The van der Waals surface area contributed by atoms with Gasteiger partial charge in [0.1, 0.15) is 12.4 Å². The number of hydrogen-bond acceptors (Lipinski definition) is 4. The predicted molar refractivity (Wildman–Crippen MR) is 122 cm³/mol. The Bertz CT molecular complexity index is 1010. The number of nitrogens with one attached hydrogen (secondary N) is 1. The fraction of sp³-hybridized carbons (Fsp3) is 0.458. The minimum atomic E-state index is -3.62. The highest BCUT2D eigenvalue weighted by Crippen LogP contribution is 2.24. The normalized spacial score (nSPS) is 16.4. The maximum absolute atomic E-state index is 13.2. The standard InChI is InChI=1S/C24H32N2O4S/c1-18-10-6-7-11-22(18)30-17-20(3)25-24(27)21-13-12-19(2)23(16-21)31(28,29)26-14-8-4-5-9-15-26/h6-7,10-13,16,20H,4-5,8-9,14-15,17H2,1-3H3,(H,25,27)/t20-/m0/s1. The number of carbonyl (C=O) groups excluding carboxylic acids is 1. The minimum Gasteiger partial charge on any atom is -0.491 e. The van der Waals surface area contributed by atoms with Crippen molar-refractivity contribution in [3.05, 3.63) is 59.2 Å². The number of carbonyl (C=O) groups is 1. The fourth-order valence-electron chi connectivity index (χ4n) is 3.72. The van der Waals surface area contributed by atoms with Crippen LogP contribution >= 0.6 is 0 Å². The largest absolute Gasteiger partial charge is 0.491 e. The summed E-state index contributed by atoms with van der Waals surface area (Å²) in [6.45, 7) is 6.99. The van der Waals surface area contributed by atoms with E-state index >= 15 is 0 Å². The maximum Gasteiger partial charge on any atom is 0.251 e. The van der Waals surface area contributed by atoms with Crippen molar-refractivity contribution in [1.82, 2.24) is 9.62 Å². The molecule has 0 saturated carbocycles. The van der Waals surface area contributed by atoms with Crippen LogP contribution in [0.3, 0.4) is 0 Å². The molecule has 2 aromatic rings. The molecule has 1 heterocycles. The molecule has 1 N–H and O–H groups in total. The van der Waals surface area contributed by atoms with Crippen LogP contribution in [0.2, 0.25) is 0 Å². The summed E-state index contributed by atoms with van der Waals surface area (Å²) in [4.78, 5) is 13.0. The third kappa shape index (κ3) is 5.86. The van der Waals surface area contributed by atoms with Gasteiger partial charge >= 0.3 is 0 Å². The first-order valence-electron chi connectivity index (χ1n) is 10.9. The van der Waals surface area contributed by atoms with Gasteiger partial charge in [-0.1, -0.05) is 37.1 Å². The topological polar surface area (TPSA) is 75.7 Å². The number of para-hydroxylation sites is 1. The van der Waals surface area contributed by atoms with Gasteiger partial charge in [0.2, 0.25) is 10.0 Å². The number of rotatable bonds is 7. The second-order valence-electron chi connectivity index (χ2n) is 8.25. The molecule has 1 saturated heterocycles. The Hall–Kier alpha value is -2.38. The molecule has 31 heavy (non-hydrogen) atoms. The lowest BCUT2D eigenvalue weighted by Crippen LogP contribution is -2.37. The van der Waals surface area contributed by atoms with Crippen LogP contribution in [0.5, 0.6) is 5.75 Å². The molecule has 1 fully saturated rings. The summed E-state index contributed by atoms with van der Waals surface area (Å²) in [6, 6.07) is 12.3. The van der Waals surface area contributed by atoms with E-state index in [9.17, 15) is 13.2 Å². The van der Waals surface area contributed by atoms with Crippen LogP contribution < -0.4 is 10.1 Å². The van der Waals surface area contributed by atoms with Gasteiger partial charge in [-0.3, -0.25) is 4.79 Å². The lowest BCUT2D eigenvalue weighted by Gasteiger charge is -2.22. The van der Waals surface area contributed by atoms with Crippen molar-refractivity contribution >= 4 is 15.9 Å². The highest BCUT2D eigenvalue weighted by Gasteiger charge is 2.27. The molecule has 1 aliphatic heterocycles. The van der Waals surface area contributed by atoms with Gasteiger partial charge in [-0.25, -0.2) is 8.42 Å². The summed E-state index contributed by atoms with van der Waals surface area (Å²) in [6.07, 6.45) is 3.85. The predicted octanol–water partition coefficient (Wildman–Crippen LogP) is 4.07. The van der Waals surface area contributed by atoms with Crippen molar-refractivity contribution in [2.45, 2.75) is 57.4 Å². The smallest absolute Gasteiger partial charge is 0.251 e. The lowest BCUT2D eigenvalue weighted by molar-refractivity contribution is 0.0926. The summed E-state index contributed by atoms with van der Waals surface area (Å²) in [5, 5.41) is 2.90. The minimum absolute atomic E-state index is 0.214. The average molecular weight is 445 g/mol. The molecule has 0 aliphatic carbocycles. The van der Waals surface area contributed by atoms with Crippen LogP contribution in [0, 0.1) is 13.8 Å². The van der Waals surface area contributed by atoms with Crippen molar-refractivity contribution in [2.75, 3.05) is 19.7 Å². The first-order valence-corrected chi connectivity index (χ1v) is 12.3. The molecule has 1 atom stereocenters. The number of hydrogen-bond donors (Lipinski definition) is 1. The molecule has 0 aromatic heterocycles. The van der Waals surface area contributed by atoms with Gasteiger partial charge in [0.05, 0.1) is 10.9 Å².